The zero-order valence-electron chi connectivity index (χ0n) is 37.4. The molecule has 3 nitrogen and oxygen atoms in total. The summed E-state index contributed by atoms with van der Waals surface area (Å²) in [5.74, 6) is 2.83. The lowest BCUT2D eigenvalue weighted by atomic mass is 9.68. The zero-order chi connectivity index (χ0) is 45.5. The van der Waals surface area contributed by atoms with Gasteiger partial charge in [-0.25, -0.2) is 4.98 Å². The van der Waals surface area contributed by atoms with E-state index in [4.69, 9.17) is 14.5 Å². The highest BCUT2D eigenvalue weighted by molar-refractivity contribution is 6.25. The fourth-order valence-corrected chi connectivity index (χ4v) is 11.3. The number of ether oxygens (including phenoxy) is 2. The molecule has 12 aromatic rings. The molecule has 0 bridgehead atoms. The molecule has 0 amide bonds. The Morgan fingerprint density at radius 3 is 1.46 bits per heavy atom. The standard InChI is InChI=1S/C66H41NO2/c1-4-16-44(17-5-1)59-39-47(40-60(67-59)46-32-34-54-52-24-11-10-22-50(52)51-23-12-13-25-53(51)56(54)38-46)43-30-28-42(29-31-43)45-33-36-61-63(41-45)69-65-62(68-61)37-35-58-64(65)55-26-14-15-27-57(55)66(58,48-18-6-2-7-19-48)49-20-8-3-9-21-49/h1-41H. The van der Waals surface area contributed by atoms with Crippen LogP contribution in [0.5, 0.6) is 23.0 Å². The average molecular weight is 880 g/mol. The lowest BCUT2D eigenvalue weighted by molar-refractivity contribution is 0.360. The summed E-state index contributed by atoms with van der Waals surface area (Å²) in [6.07, 6.45) is 0. The van der Waals surface area contributed by atoms with Crippen molar-refractivity contribution in [1.82, 2.24) is 4.98 Å². The third kappa shape index (κ3) is 6.11. The zero-order valence-corrected chi connectivity index (χ0v) is 37.4. The third-order valence-corrected chi connectivity index (χ3v) is 14.4. The fraction of sp³-hybridized carbons (Fsp3) is 0.0152. The molecule has 11 aromatic carbocycles. The minimum absolute atomic E-state index is 0.534. The summed E-state index contributed by atoms with van der Waals surface area (Å²) in [6, 6.07) is 89.0. The van der Waals surface area contributed by atoms with Crippen molar-refractivity contribution >= 4 is 32.3 Å². The van der Waals surface area contributed by atoms with Crippen LogP contribution in [0.3, 0.4) is 0 Å². The smallest absolute Gasteiger partial charge is 0.178 e. The molecule has 2 heterocycles. The van der Waals surface area contributed by atoms with Crippen LogP contribution in [0, 0.1) is 0 Å². The topological polar surface area (TPSA) is 31.4 Å². The minimum Gasteiger partial charge on any atom is -0.449 e. The molecule has 3 heteroatoms. The van der Waals surface area contributed by atoms with Crippen molar-refractivity contribution in [3.8, 4) is 78.9 Å². The number of benzene rings is 11. The van der Waals surface area contributed by atoms with Crippen LogP contribution < -0.4 is 9.47 Å². The maximum absolute atomic E-state index is 7.05. The summed E-state index contributed by atoms with van der Waals surface area (Å²) < 4.78 is 13.7. The second-order valence-electron chi connectivity index (χ2n) is 18.1. The van der Waals surface area contributed by atoms with Gasteiger partial charge in [0.25, 0.3) is 0 Å². The summed E-state index contributed by atoms with van der Waals surface area (Å²) in [6.45, 7) is 0. The Kier molecular flexibility index (Phi) is 8.80. The molecular formula is C66H41NO2. The Hall–Kier alpha value is -9.05. The van der Waals surface area contributed by atoms with Gasteiger partial charge in [0.1, 0.15) is 0 Å². The second kappa shape index (κ2) is 15.5. The van der Waals surface area contributed by atoms with E-state index < -0.39 is 5.41 Å². The van der Waals surface area contributed by atoms with Gasteiger partial charge in [-0.1, -0.05) is 212 Å². The Morgan fingerprint density at radius 1 is 0.290 bits per heavy atom. The van der Waals surface area contributed by atoms with Gasteiger partial charge in [-0.3, -0.25) is 0 Å². The van der Waals surface area contributed by atoms with E-state index in [9.17, 15) is 0 Å². The summed E-state index contributed by atoms with van der Waals surface area (Å²) in [4.78, 5) is 5.32. The maximum Gasteiger partial charge on any atom is 0.178 e. The number of hydrogen-bond acceptors (Lipinski definition) is 3. The van der Waals surface area contributed by atoms with E-state index >= 15 is 0 Å². The van der Waals surface area contributed by atoms with E-state index in [1.54, 1.807) is 0 Å². The van der Waals surface area contributed by atoms with Gasteiger partial charge in [0.15, 0.2) is 23.0 Å². The van der Waals surface area contributed by atoms with E-state index in [0.717, 1.165) is 61.6 Å². The van der Waals surface area contributed by atoms with E-state index in [1.165, 1.54) is 54.6 Å². The number of fused-ring (bicyclic) bond motifs is 12. The fourth-order valence-electron chi connectivity index (χ4n) is 11.3. The largest absolute Gasteiger partial charge is 0.449 e. The molecule has 0 atom stereocenters. The van der Waals surface area contributed by atoms with E-state index in [2.05, 4.69) is 243 Å². The first-order chi connectivity index (χ1) is 34.2. The molecule has 2 aliphatic rings. The number of rotatable bonds is 6. The molecule has 0 N–H and O–H groups in total. The first kappa shape index (κ1) is 39.1. The second-order valence-corrected chi connectivity index (χ2v) is 18.1. The summed E-state index contributed by atoms with van der Waals surface area (Å²) in [7, 11) is 0. The normalized spacial score (nSPS) is 13.0. The van der Waals surface area contributed by atoms with Crippen molar-refractivity contribution in [2.24, 2.45) is 0 Å². The van der Waals surface area contributed by atoms with Gasteiger partial charge in [0.05, 0.1) is 16.8 Å². The van der Waals surface area contributed by atoms with Crippen molar-refractivity contribution in [3.63, 3.8) is 0 Å². The van der Waals surface area contributed by atoms with Gasteiger partial charge in [-0.05, 0) is 119 Å². The molecule has 0 fully saturated rings. The first-order valence-corrected chi connectivity index (χ1v) is 23.6. The van der Waals surface area contributed by atoms with Crippen LogP contribution in [0.15, 0.2) is 249 Å². The highest BCUT2D eigenvalue weighted by atomic mass is 16.6. The molecule has 0 saturated heterocycles. The monoisotopic (exact) mass is 879 g/mol. The predicted octanol–water partition coefficient (Wildman–Crippen LogP) is 17.5. The number of nitrogens with zero attached hydrogens (tertiary/aromatic N) is 1. The van der Waals surface area contributed by atoms with Crippen LogP contribution in [0.1, 0.15) is 22.3 Å². The molecular weight excluding hydrogens is 839 g/mol. The van der Waals surface area contributed by atoms with Gasteiger partial charge in [-0.15, -0.1) is 0 Å². The van der Waals surface area contributed by atoms with Crippen LogP contribution in [0.25, 0.3) is 88.2 Å². The Balaban J connectivity index is 0.840. The molecule has 0 spiro atoms. The molecule has 0 saturated carbocycles. The van der Waals surface area contributed by atoms with Gasteiger partial charge in [0.2, 0.25) is 0 Å². The van der Waals surface area contributed by atoms with E-state index in [-0.39, 0.29) is 0 Å². The van der Waals surface area contributed by atoms with E-state index in [0.29, 0.717) is 17.2 Å². The van der Waals surface area contributed by atoms with Crippen LogP contribution in [-0.2, 0) is 5.41 Å². The maximum atomic E-state index is 7.05. The van der Waals surface area contributed by atoms with Gasteiger partial charge >= 0.3 is 0 Å². The molecule has 1 aromatic heterocycles. The highest BCUT2D eigenvalue weighted by Crippen LogP contribution is 2.62. The minimum atomic E-state index is -0.534. The van der Waals surface area contributed by atoms with E-state index in [1.807, 2.05) is 6.07 Å². The first-order valence-electron chi connectivity index (χ1n) is 23.6. The van der Waals surface area contributed by atoms with Crippen molar-refractivity contribution in [1.29, 1.82) is 0 Å². The molecule has 69 heavy (non-hydrogen) atoms. The molecule has 14 rings (SSSR count). The average Bonchev–Trinajstić information content (AvgIpc) is 3.74. The van der Waals surface area contributed by atoms with Crippen molar-refractivity contribution < 1.29 is 9.47 Å². The SMILES string of the molecule is c1ccc(-c2cc(-c3ccc(-c4ccc5c(c4)Oc4c(ccc6c4-c4ccccc4C6(c4ccccc4)c4ccccc4)O5)cc3)cc(-c3ccc4c5ccccc5c5ccccc5c4c3)n2)cc1. The van der Waals surface area contributed by atoms with Crippen molar-refractivity contribution in [2.75, 3.05) is 0 Å². The van der Waals surface area contributed by atoms with Crippen LogP contribution in [0.2, 0.25) is 0 Å². The Bertz CT molecular complexity index is 3920. The summed E-state index contributed by atoms with van der Waals surface area (Å²) in [5.41, 5.74) is 14.9. The lowest BCUT2D eigenvalue weighted by Gasteiger charge is -2.34. The number of aromatic nitrogens is 1. The summed E-state index contributed by atoms with van der Waals surface area (Å²) >= 11 is 0. The molecule has 0 radical (unpaired) electrons. The predicted molar refractivity (Wildman–Crippen MR) is 282 cm³/mol. The molecule has 322 valence electrons. The molecule has 1 aliphatic carbocycles. The number of hydrogen-bond donors (Lipinski definition) is 0. The Labute approximate surface area is 400 Å². The number of pyridine rings is 1. The van der Waals surface area contributed by atoms with Gasteiger partial charge in [0, 0.05) is 16.7 Å². The Morgan fingerprint density at radius 2 is 0.797 bits per heavy atom. The van der Waals surface area contributed by atoms with Gasteiger partial charge in [-0.2, -0.15) is 0 Å². The van der Waals surface area contributed by atoms with Crippen LogP contribution >= 0.6 is 0 Å². The van der Waals surface area contributed by atoms with Crippen LogP contribution in [-0.4, -0.2) is 4.98 Å². The quantitative estimate of drug-likeness (QED) is 0.156. The van der Waals surface area contributed by atoms with Crippen LogP contribution in [0.4, 0.5) is 0 Å². The molecule has 0 unspecified atom stereocenters. The molecule has 1 aliphatic heterocycles. The highest BCUT2D eigenvalue weighted by Gasteiger charge is 2.48. The summed E-state index contributed by atoms with van der Waals surface area (Å²) in [5, 5.41) is 7.51. The van der Waals surface area contributed by atoms with Crippen molar-refractivity contribution in [3.05, 3.63) is 271 Å². The third-order valence-electron chi connectivity index (χ3n) is 14.4. The van der Waals surface area contributed by atoms with Gasteiger partial charge < -0.3 is 9.47 Å². The lowest BCUT2D eigenvalue weighted by Crippen LogP contribution is -2.28. The van der Waals surface area contributed by atoms with Crippen molar-refractivity contribution in [2.45, 2.75) is 5.41 Å².